The average Bonchev–Trinajstić information content (AvgIpc) is 2.10. The molecule has 1 saturated heterocycles. The van der Waals surface area contributed by atoms with E-state index in [0.29, 0.717) is 6.42 Å². The zero-order chi connectivity index (χ0) is 6.85. The molecule has 0 spiro atoms. The molecule has 0 bridgehead atoms. The zero-order valence-corrected chi connectivity index (χ0v) is 5.33. The second-order valence-corrected chi connectivity index (χ2v) is 2.39. The van der Waals surface area contributed by atoms with Gasteiger partial charge in [0.15, 0.2) is 0 Å². The van der Waals surface area contributed by atoms with Gasteiger partial charge in [-0.05, 0) is 0 Å². The van der Waals surface area contributed by atoms with Crippen LogP contribution in [0.3, 0.4) is 0 Å². The summed E-state index contributed by atoms with van der Waals surface area (Å²) >= 11 is 0. The van der Waals surface area contributed by atoms with Gasteiger partial charge in [0.25, 0.3) is 0 Å². The van der Waals surface area contributed by atoms with Crippen LogP contribution in [0, 0.1) is 5.92 Å². The van der Waals surface area contributed by atoms with Crippen molar-refractivity contribution in [1.29, 1.82) is 0 Å². The zero-order valence-electron chi connectivity index (χ0n) is 5.33. The molecule has 3 heteroatoms. The molecule has 0 aromatic rings. The summed E-state index contributed by atoms with van der Waals surface area (Å²) < 4.78 is 4.73. The van der Waals surface area contributed by atoms with Gasteiger partial charge in [0.1, 0.15) is 6.10 Å². The van der Waals surface area contributed by atoms with E-state index in [2.05, 4.69) is 0 Å². The van der Waals surface area contributed by atoms with Crippen LogP contribution in [0.4, 0.5) is 0 Å². The van der Waals surface area contributed by atoms with E-state index < -0.39 is 0 Å². The maximum Gasteiger partial charge on any atom is 0.306 e. The largest absolute Gasteiger partial charge is 0.460 e. The molecular weight excluding hydrogens is 120 g/mol. The molecule has 1 heterocycles. The predicted octanol–water partition coefficient (Wildman–Crippen LogP) is -0.0697. The number of rotatable bonds is 1. The van der Waals surface area contributed by atoms with Gasteiger partial charge >= 0.3 is 5.97 Å². The topological polar surface area (TPSA) is 46.5 Å². The van der Waals surface area contributed by atoms with E-state index in [9.17, 15) is 4.79 Å². The van der Waals surface area contributed by atoms with Gasteiger partial charge in [-0.25, -0.2) is 0 Å². The highest BCUT2D eigenvalue weighted by molar-refractivity contribution is 5.71. The molecule has 0 aliphatic carbocycles. The van der Waals surface area contributed by atoms with Gasteiger partial charge in [-0.15, -0.1) is 0 Å². The number of cyclic esters (lactones) is 1. The minimum atomic E-state index is -0.252. The molecule has 9 heavy (non-hydrogen) atoms. The van der Waals surface area contributed by atoms with Crippen LogP contribution in [0.2, 0.25) is 0 Å². The Morgan fingerprint density at radius 3 is 2.78 bits per heavy atom. The van der Waals surface area contributed by atoms with Crippen molar-refractivity contribution in [1.82, 2.24) is 0 Å². The second kappa shape index (κ2) is 2.35. The fourth-order valence-electron chi connectivity index (χ4n) is 0.945. The molecule has 1 aliphatic rings. The number of ether oxygens (including phenoxy) is 1. The molecule has 2 atom stereocenters. The Labute approximate surface area is 53.6 Å². The van der Waals surface area contributed by atoms with Crippen molar-refractivity contribution in [3.05, 3.63) is 0 Å². The molecule has 0 aromatic heterocycles. The molecule has 0 unspecified atom stereocenters. The Morgan fingerprint density at radius 1 is 1.89 bits per heavy atom. The Bertz CT molecular complexity index is 121. The first kappa shape index (κ1) is 6.55. The minimum absolute atomic E-state index is 0.0487. The van der Waals surface area contributed by atoms with Crippen molar-refractivity contribution in [2.45, 2.75) is 19.4 Å². The van der Waals surface area contributed by atoms with Crippen molar-refractivity contribution in [3.63, 3.8) is 0 Å². The highest BCUT2D eigenvalue weighted by Crippen LogP contribution is 2.20. The van der Waals surface area contributed by atoms with Gasteiger partial charge in [-0.2, -0.15) is 0 Å². The van der Waals surface area contributed by atoms with Gasteiger partial charge in [0.05, 0.1) is 13.0 Å². The van der Waals surface area contributed by atoms with Gasteiger partial charge in [-0.3, -0.25) is 4.79 Å². The van der Waals surface area contributed by atoms with E-state index in [-0.39, 0.29) is 24.6 Å². The molecule has 0 saturated carbocycles. The van der Waals surface area contributed by atoms with E-state index in [0.717, 1.165) is 0 Å². The van der Waals surface area contributed by atoms with Crippen molar-refractivity contribution < 1.29 is 14.6 Å². The van der Waals surface area contributed by atoms with Crippen LogP contribution >= 0.6 is 0 Å². The molecule has 3 nitrogen and oxygen atoms in total. The fourth-order valence-corrected chi connectivity index (χ4v) is 0.945. The molecule has 0 aromatic carbocycles. The van der Waals surface area contributed by atoms with Crippen LogP contribution in [0.5, 0.6) is 0 Å². The van der Waals surface area contributed by atoms with Crippen LogP contribution in [0.15, 0.2) is 0 Å². The first-order chi connectivity index (χ1) is 4.24. The molecule has 0 amide bonds. The van der Waals surface area contributed by atoms with E-state index in [4.69, 9.17) is 9.84 Å². The quantitative estimate of drug-likeness (QED) is 0.505. The summed E-state index contributed by atoms with van der Waals surface area (Å²) in [5.74, 6) is -0.0101. The monoisotopic (exact) mass is 130 g/mol. The first-order valence-electron chi connectivity index (χ1n) is 3.04. The molecular formula is C6H10O3. The lowest BCUT2D eigenvalue weighted by molar-refractivity contribution is -0.142. The number of carbonyl (C=O) groups excluding carboxylic acids is 1. The van der Waals surface area contributed by atoms with Crippen molar-refractivity contribution >= 4 is 5.97 Å². The number of aliphatic hydroxyl groups excluding tert-OH is 1. The van der Waals surface area contributed by atoms with E-state index in [1.165, 1.54) is 0 Å². The molecule has 0 radical (unpaired) electrons. The van der Waals surface area contributed by atoms with E-state index >= 15 is 0 Å². The molecule has 1 aliphatic heterocycles. The van der Waals surface area contributed by atoms with Crippen LogP contribution in [0.1, 0.15) is 13.3 Å². The minimum Gasteiger partial charge on any atom is -0.460 e. The molecule has 1 fully saturated rings. The molecule has 1 N–H and O–H groups in total. The summed E-state index contributed by atoms with van der Waals surface area (Å²) in [5, 5.41) is 8.58. The number of aliphatic hydroxyl groups is 1. The third-order valence-electron chi connectivity index (χ3n) is 1.59. The number of carbonyl (C=O) groups is 1. The first-order valence-corrected chi connectivity index (χ1v) is 3.04. The molecule has 1 rings (SSSR count). The predicted molar refractivity (Wildman–Crippen MR) is 30.7 cm³/mol. The smallest absolute Gasteiger partial charge is 0.306 e. The van der Waals surface area contributed by atoms with Gasteiger partial charge in [0, 0.05) is 5.92 Å². The van der Waals surface area contributed by atoms with E-state index in [1.807, 2.05) is 6.92 Å². The second-order valence-electron chi connectivity index (χ2n) is 2.39. The van der Waals surface area contributed by atoms with Gasteiger partial charge in [-0.1, -0.05) is 6.92 Å². The lowest BCUT2D eigenvalue weighted by atomic mass is 10.1. The SMILES string of the molecule is C[C@@H]1CC(=O)O[C@@H]1CO. The summed E-state index contributed by atoms with van der Waals surface area (Å²) in [6.07, 6.45) is 0.197. The number of hydrogen-bond acceptors (Lipinski definition) is 3. The third kappa shape index (κ3) is 1.21. The third-order valence-corrected chi connectivity index (χ3v) is 1.59. The highest BCUT2D eigenvalue weighted by atomic mass is 16.6. The lowest BCUT2D eigenvalue weighted by Gasteiger charge is -2.07. The van der Waals surface area contributed by atoms with Crippen molar-refractivity contribution in [3.8, 4) is 0 Å². The summed E-state index contributed by atoms with van der Waals surface area (Å²) in [4.78, 5) is 10.5. The Morgan fingerprint density at radius 2 is 2.56 bits per heavy atom. The Hall–Kier alpha value is -0.570. The summed E-state index contributed by atoms with van der Waals surface area (Å²) in [6, 6.07) is 0. The van der Waals surface area contributed by atoms with Gasteiger partial charge in [0.2, 0.25) is 0 Å². The van der Waals surface area contributed by atoms with Crippen LogP contribution < -0.4 is 0 Å². The average molecular weight is 130 g/mol. The normalized spacial score (nSPS) is 34.7. The van der Waals surface area contributed by atoms with Crippen LogP contribution in [0.25, 0.3) is 0 Å². The summed E-state index contributed by atoms with van der Waals surface area (Å²) in [6.45, 7) is 1.85. The summed E-state index contributed by atoms with van der Waals surface area (Å²) in [7, 11) is 0. The molecule has 52 valence electrons. The van der Waals surface area contributed by atoms with Crippen molar-refractivity contribution in [2.24, 2.45) is 5.92 Å². The van der Waals surface area contributed by atoms with Crippen LogP contribution in [-0.4, -0.2) is 23.8 Å². The Kier molecular flexibility index (Phi) is 1.71. The number of hydrogen-bond donors (Lipinski definition) is 1. The van der Waals surface area contributed by atoms with Crippen molar-refractivity contribution in [2.75, 3.05) is 6.61 Å². The summed E-state index contributed by atoms with van der Waals surface area (Å²) in [5.41, 5.74) is 0. The number of esters is 1. The maximum atomic E-state index is 10.5. The highest BCUT2D eigenvalue weighted by Gasteiger charge is 2.30. The van der Waals surface area contributed by atoms with E-state index in [1.54, 1.807) is 0 Å². The maximum absolute atomic E-state index is 10.5. The standard InChI is InChI=1S/C6H10O3/c1-4-2-6(8)9-5(4)3-7/h4-5,7H,2-3H2,1H3/t4-,5-/m1/s1. The lowest BCUT2D eigenvalue weighted by Crippen LogP contribution is -2.17. The Balaban J connectivity index is 2.47. The van der Waals surface area contributed by atoms with Crippen LogP contribution in [-0.2, 0) is 9.53 Å². The van der Waals surface area contributed by atoms with Gasteiger partial charge < -0.3 is 9.84 Å². The fraction of sp³-hybridized carbons (Fsp3) is 0.833.